The minimum Gasteiger partial charge on any atom is -0.507 e. The minimum atomic E-state index is 0.106. The van der Waals surface area contributed by atoms with Crippen LogP contribution in [0.4, 0.5) is 0 Å². The Morgan fingerprint density at radius 1 is 1.33 bits per heavy atom. The lowest BCUT2D eigenvalue weighted by Gasteiger charge is -2.32. The van der Waals surface area contributed by atoms with Crippen LogP contribution in [0.25, 0.3) is 0 Å². The summed E-state index contributed by atoms with van der Waals surface area (Å²) in [5, 5.41) is 16.6. The van der Waals surface area contributed by atoms with Gasteiger partial charge in [0, 0.05) is 40.9 Å². The van der Waals surface area contributed by atoms with Gasteiger partial charge < -0.3 is 15.7 Å². The van der Waals surface area contributed by atoms with Crippen LogP contribution < -0.4 is 10.6 Å². The van der Waals surface area contributed by atoms with Crippen molar-refractivity contribution in [1.29, 1.82) is 0 Å². The molecule has 1 aromatic carbocycles. The number of hydrogen-bond donors (Lipinski definition) is 3. The van der Waals surface area contributed by atoms with Crippen molar-refractivity contribution in [2.24, 2.45) is 0 Å². The number of phenolic OH excluding ortho intramolecular Hbond substituents is 1. The molecule has 1 aliphatic heterocycles. The maximum absolute atomic E-state index is 11.8. The molecule has 0 atom stereocenters. The standard InChI is InChI=1S/C17H25I2N3O2/c1-11(2)21-16(23)10-22-5-3-14(4-6-22)20-9-12-7-13(18)8-15(19)17(12)24/h7-8,11,14,20,24H,3-6,9-10H2,1-2H3,(H,21,23). The third kappa shape index (κ3) is 6.30. The highest BCUT2D eigenvalue weighted by molar-refractivity contribution is 14.1. The zero-order valence-corrected chi connectivity index (χ0v) is 18.4. The summed E-state index contributed by atoms with van der Waals surface area (Å²) in [4.78, 5) is 14.0. The van der Waals surface area contributed by atoms with Gasteiger partial charge in [-0.15, -0.1) is 0 Å². The van der Waals surface area contributed by atoms with Crippen LogP contribution in [0.5, 0.6) is 5.75 Å². The first kappa shape index (κ1) is 20.2. The van der Waals surface area contributed by atoms with E-state index in [1.807, 2.05) is 26.0 Å². The Morgan fingerprint density at radius 2 is 2.00 bits per heavy atom. The first-order chi connectivity index (χ1) is 11.3. The van der Waals surface area contributed by atoms with Crippen molar-refractivity contribution >= 4 is 51.1 Å². The van der Waals surface area contributed by atoms with Gasteiger partial charge in [0.05, 0.1) is 10.1 Å². The number of benzene rings is 1. The SMILES string of the molecule is CC(C)NC(=O)CN1CCC(NCc2cc(I)cc(I)c2O)CC1. The third-order valence-corrected chi connectivity index (χ3v) is 5.54. The summed E-state index contributed by atoms with van der Waals surface area (Å²) in [7, 11) is 0. The van der Waals surface area contributed by atoms with E-state index >= 15 is 0 Å². The fraction of sp³-hybridized carbons (Fsp3) is 0.588. The molecule has 1 fully saturated rings. The fourth-order valence-corrected chi connectivity index (χ4v) is 4.84. The topological polar surface area (TPSA) is 64.6 Å². The zero-order chi connectivity index (χ0) is 17.7. The average molecular weight is 557 g/mol. The highest BCUT2D eigenvalue weighted by atomic mass is 127. The van der Waals surface area contributed by atoms with Crippen molar-refractivity contribution in [3.8, 4) is 5.75 Å². The number of piperidine rings is 1. The maximum atomic E-state index is 11.8. The highest BCUT2D eigenvalue weighted by Crippen LogP contribution is 2.27. The summed E-state index contributed by atoms with van der Waals surface area (Å²) in [6, 6.07) is 4.63. The molecule has 134 valence electrons. The summed E-state index contributed by atoms with van der Waals surface area (Å²) in [6.07, 6.45) is 2.05. The van der Waals surface area contributed by atoms with Crippen molar-refractivity contribution in [2.45, 2.75) is 45.3 Å². The van der Waals surface area contributed by atoms with Gasteiger partial charge in [0.25, 0.3) is 0 Å². The molecule has 1 amide bonds. The third-order valence-electron chi connectivity index (χ3n) is 4.09. The number of rotatable bonds is 6. The molecule has 1 aliphatic rings. The molecule has 1 aromatic rings. The van der Waals surface area contributed by atoms with E-state index in [4.69, 9.17) is 0 Å². The van der Waals surface area contributed by atoms with E-state index in [9.17, 15) is 9.90 Å². The van der Waals surface area contributed by atoms with Crippen molar-refractivity contribution in [1.82, 2.24) is 15.5 Å². The van der Waals surface area contributed by atoms with Crippen molar-refractivity contribution in [2.75, 3.05) is 19.6 Å². The molecule has 1 saturated heterocycles. The van der Waals surface area contributed by atoms with Gasteiger partial charge in [0.15, 0.2) is 0 Å². The Hall–Kier alpha value is -0.130. The average Bonchev–Trinajstić information content (AvgIpc) is 2.50. The van der Waals surface area contributed by atoms with E-state index in [0.29, 0.717) is 24.9 Å². The number of aromatic hydroxyl groups is 1. The molecular formula is C17H25I2N3O2. The van der Waals surface area contributed by atoms with Crippen LogP contribution in [0.3, 0.4) is 0 Å². The second-order valence-electron chi connectivity index (χ2n) is 6.55. The number of hydrogen-bond acceptors (Lipinski definition) is 4. The van der Waals surface area contributed by atoms with Crippen LogP contribution in [0.2, 0.25) is 0 Å². The molecule has 1 heterocycles. The van der Waals surface area contributed by atoms with E-state index in [0.717, 1.165) is 38.6 Å². The predicted molar refractivity (Wildman–Crippen MR) is 113 cm³/mol. The number of nitrogens with zero attached hydrogens (tertiary/aromatic N) is 1. The fourth-order valence-electron chi connectivity index (χ4n) is 2.87. The van der Waals surface area contributed by atoms with Gasteiger partial charge in [0.1, 0.15) is 5.75 Å². The van der Waals surface area contributed by atoms with Crippen LogP contribution in [0, 0.1) is 7.14 Å². The number of carbonyl (C=O) groups is 1. The summed E-state index contributed by atoms with van der Waals surface area (Å²) in [5.74, 6) is 0.487. The predicted octanol–water partition coefficient (Wildman–Crippen LogP) is 2.68. The second-order valence-corrected chi connectivity index (χ2v) is 8.96. The van der Waals surface area contributed by atoms with Crippen LogP contribution in [0.1, 0.15) is 32.3 Å². The molecule has 24 heavy (non-hydrogen) atoms. The van der Waals surface area contributed by atoms with Crippen LogP contribution >= 0.6 is 45.2 Å². The molecule has 5 nitrogen and oxygen atoms in total. The van der Waals surface area contributed by atoms with Gasteiger partial charge in [-0.1, -0.05) is 0 Å². The van der Waals surface area contributed by atoms with Crippen LogP contribution in [0.15, 0.2) is 12.1 Å². The first-order valence-electron chi connectivity index (χ1n) is 8.27. The Bertz CT molecular complexity index is 573. The number of amides is 1. The van der Waals surface area contributed by atoms with Crippen LogP contribution in [-0.2, 0) is 11.3 Å². The lowest BCUT2D eigenvalue weighted by Crippen LogP contribution is -2.46. The number of carbonyl (C=O) groups excluding carboxylic acids is 1. The van der Waals surface area contributed by atoms with Crippen molar-refractivity contribution < 1.29 is 9.90 Å². The van der Waals surface area contributed by atoms with E-state index < -0.39 is 0 Å². The molecule has 0 bridgehead atoms. The molecule has 7 heteroatoms. The summed E-state index contributed by atoms with van der Waals surface area (Å²) >= 11 is 4.44. The molecule has 0 saturated carbocycles. The molecule has 3 N–H and O–H groups in total. The van der Waals surface area contributed by atoms with Gasteiger partial charge in [-0.3, -0.25) is 9.69 Å². The zero-order valence-electron chi connectivity index (χ0n) is 14.1. The summed E-state index contributed by atoms with van der Waals surface area (Å²) < 4.78 is 2.03. The van der Waals surface area contributed by atoms with Crippen molar-refractivity contribution in [3.63, 3.8) is 0 Å². The highest BCUT2D eigenvalue weighted by Gasteiger charge is 2.21. The number of likely N-dealkylation sites (tertiary alicyclic amines) is 1. The smallest absolute Gasteiger partial charge is 0.234 e. The molecular weight excluding hydrogens is 532 g/mol. The largest absolute Gasteiger partial charge is 0.507 e. The van der Waals surface area contributed by atoms with E-state index in [2.05, 4.69) is 60.7 Å². The van der Waals surface area contributed by atoms with Crippen molar-refractivity contribution in [3.05, 3.63) is 24.8 Å². The lowest BCUT2D eigenvalue weighted by molar-refractivity contribution is -0.123. The maximum Gasteiger partial charge on any atom is 0.234 e. The van der Waals surface area contributed by atoms with Gasteiger partial charge in [-0.05, 0) is 84.0 Å². The van der Waals surface area contributed by atoms with Gasteiger partial charge in [0.2, 0.25) is 5.91 Å². The molecule has 0 aliphatic carbocycles. The van der Waals surface area contributed by atoms with E-state index in [1.54, 1.807) is 0 Å². The molecule has 0 radical (unpaired) electrons. The number of halogens is 2. The van der Waals surface area contributed by atoms with E-state index in [1.165, 1.54) is 0 Å². The molecule has 0 unspecified atom stereocenters. The number of nitrogens with one attached hydrogen (secondary N) is 2. The minimum absolute atomic E-state index is 0.106. The molecule has 0 aromatic heterocycles. The second kappa shape index (κ2) is 9.54. The Labute approximate surface area is 171 Å². The Morgan fingerprint density at radius 3 is 2.62 bits per heavy atom. The summed E-state index contributed by atoms with van der Waals surface area (Å²) in [5.41, 5.74) is 0.949. The van der Waals surface area contributed by atoms with Crippen LogP contribution in [-0.4, -0.2) is 47.6 Å². The lowest BCUT2D eigenvalue weighted by atomic mass is 10.0. The van der Waals surface area contributed by atoms with Gasteiger partial charge >= 0.3 is 0 Å². The van der Waals surface area contributed by atoms with E-state index in [-0.39, 0.29) is 11.9 Å². The number of phenols is 1. The normalized spacial score (nSPS) is 16.5. The molecule has 2 rings (SSSR count). The van der Waals surface area contributed by atoms with Gasteiger partial charge in [-0.2, -0.15) is 0 Å². The first-order valence-corrected chi connectivity index (χ1v) is 10.4. The monoisotopic (exact) mass is 557 g/mol. The van der Waals surface area contributed by atoms with Gasteiger partial charge in [-0.25, -0.2) is 0 Å². The summed E-state index contributed by atoms with van der Waals surface area (Å²) in [6.45, 7) is 6.99. The molecule has 0 spiro atoms. The quantitative estimate of drug-likeness (QED) is 0.472. The Balaban J connectivity index is 1.77. The Kier molecular flexibility index (Phi) is 8.02.